The summed E-state index contributed by atoms with van der Waals surface area (Å²) in [6, 6.07) is 6.49. The number of nitrogens with zero attached hydrogens (tertiary/aromatic N) is 2. The van der Waals surface area contributed by atoms with Gasteiger partial charge in [0.25, 0.3) is 0 Å². The standard InChI is InChI=1S/C10H13N3/c1-8(2)12-9-5-6-11-13-7-3-4-10(9)13/h3-8,12H,1-2H3. The molecule has 0 amide bonds. The molecule has 0 radical (unpaired) electrons. The third-order valence-corrected chi connectivity index (χ3v) is 1.88. The molecule has 0 aromatic carbocycles. The van der Waals surface area contributed by atoms with Crippen molar-refractivity contribution in [2.75, 3.05) is 5.32 Å². The maximum absolute atomic E-state index is 4.19. The van der Waals surface area contributed by atoms with E-state index >= 15 is 0 Å². The molecule has 2 heterocycles. The zero-order chi connectivity index (χ0) is 9.26. The molecule has 13 heavy (non-hydrogen) atoms. The van der Waals surface area contributed by atoms with Gasteiger partial charge in [0.1, 0.15) is 0 Å². The Labute approximate surface area is 77.4 Å². The van der Waals surface area contributed by atoms with Gasteiger partial charge in [0.15, 0.2) is 0 Å². The summed E-state index contributed by atoms with van der Waals surface area (Å²) in [6.07, 6.45) is 3.75. The molecular weight excluding hydrogens is 162 g/mol. The highest BCUT2D eigenvalue weighted by molar-refractivity contribution is 5.71. The van der Waals surface area contributed by atoms with Gasteiger partial charge in [-0.3, -0.25) is 0 Å². The van der Waals surface area contributed by atoms with Crippen LogP contribution >= 0.6 is 0 Å². The predicted molar refractivity (Wildman–Crippen MR) is 54.0 cm³/mol. The maximum atomic E-state index is 4.19. The van der Waals surface area contributed by atoms with E-state index in [4.69, 9.17) is 0 Å². The summed E-state index contributed by atoms with van der Waals surface area (Å²) in [6.45, 7) is 4.25. The molecule has 2 rings (SSSR count). The van der Waals surface area contributed by atoms with Crippen molar-refractivity contribution >= 4 is 11.2 Å². The number of fused-ring (bicyclic) bond motifs is 1. The summed E-state index contributed by atoms with van der Waals surface area (Å²) in [5.41, 5.74) is 2.26. The minimum atomic E-state index is 0.445. The van der Waals surface area contributed by atoms with Crippen LogP contribution < -0.4 is 5.32 Å². The van der Waals surface area contributed by atoms with Crippen molar-refractivity contribution in [1.82, 2.24) is 9.61 Å². The first-order valence-corrected chi connectivity index (χ1v) is 4.46. The van der Waals surface area contributed by atoms with Crippen LogP contribution in [0.5, 0.6) is 0 Å². The molecule has 0 spiro atoms. The lowest BCUT2D eigenvalue weighted by atomic mass is 10.3. The van der Waals surface area contributed by atoms with Crippen molar-refractivity contribution in [3.05, 3.63) is 30.6 Å². The van der Waals surface area contributed by atoms with Crippen molar-refractivity contribution in [2.45, 2.75) is 19.9 Å². The fourth-order valence-corrected chi connectivity index (χ4v) is 1.38. The highest BCUT2D eigenvalue weighted by Crippen LogP contribution is 2.16. The Morgan fingerprint density at radius 2 is 2.23 bits per heavy atom. The second-order valence-corrected chi connectivity index (χ2v) is 3.38. The number of nitrogens with one attached hydrogen (secondary N) is 1. The molecule has 0 saturated heterocycles. The molecule has 68 valence electrons. The molecule has 0 atom stereocenters. The Bertz CT molecular complexity index is 403. The zero-order valence-corrected chi connectivity index (χ0v) is 7.86. The molecule has 0 aliphatic heterocycles. The summed E-state index contributed by atoms with van der Waals surface area (Å²) in [4.78, 5) is 0. The highest BCUT2D eigenvalue weighted by Gasteiger charge is 2.01. The average Bonchev–Trinajstić information content (AvgIpc) is 2.51. The lowest BCUT2D eigenvalue weighted by Gasteiger charge is -2.10. The Hall–Kier alpha value is -1.51. The second kappa shape index (κ2) is 3.09. The molecule has 0 bridgehead atoms. The third-order valence-electron chi connectivity index (χ3n) is 1.88. The molecule has 0 saturated carbocycles. The van der Waals surface area contributed by atoms with Crippen LogP contribution in [-0.4, -0.2) is 15.7 Å². The van der Waals surface area contributed by atoms with E-state index in [1.54, 1.807) is 6.20 Å². The minimum absolute atomic E-state index is 0.445. The van der Waals surface area contributed by atoms with E-state index in [0.29, 0.717) is 6.04 Å². The van der Waals surface area contributed by atoms with Gasteiger partial charge in [0.2, 0.25) is 0 Å². The van der Waals surface area contributed by atoms with Crippen LogP contribution in [0.15, 0.2) is 30.6 Å². The van der Waals surface area contributed by atoms with Crippen LogP contribution in [0.3, 0.4) is 0 Å². The van der Waals surface area contributed by atoms with E-state index < -0.39 is 0 Å². The fourth-order valence-electron chi connectivity index (χ4n) is 1.38. The molecular formula is C10H13N3. The minimum Gasteiger partial charge on any atom is -0.381 e. The Kier molecular flexibility index (Phi) is 1.93. The van der Waals surface area contributed by atoms with Crippen LogP contribution in [0.2, 0.25) is 0 Å². The summed E-state index contributed by atoms with van der Waals surface area (Å²) in [5, 5.41) is 7.56. The number of anilines is 1. The largest absolute Gasteiger partial charge is 0.381 e. The first-order valence-electron chi connectivity index (χ1n) is 4.46. The van der Waals surface area contributed by atoms with E-state index in [1.165, 1.54) is 0 Å². The number of rotatable bonds is 2. The van der Waals surface area contributed by atoms with Gasteiger partial charge in [0.05, 0.1) is 11.2 Å². The van der Waals surface area contributed by atoms with Gasteiger partial charge in [0, 0.05) is 18.4 Å². The van der Waals surface area contributed by atoms with Gasteiger partial charge < -0.3 is 5.32 Å². The normalized spacial score (nSPS) is 11.0. The van der Waals surface area contributed by atoms with Gasteiger partial charge in [-0.1, -0.05) is 0 Å². The van der Waals surface area contributed by atoms with Crippen LogP contribution in [0, 0.1) is 0 Å². The van der Waals surface area contributed by atoms with Crippen molar-refractivity contribution in [3.63, 3.8) is 0 Å². The molecule has 0 aliphatic carbocycles. The van der Waals surface area contributed by atoms with E-state index in [2.05, 4.69) is 30.3 Å². The van der Waals surface area contributed by atoms with Crippen LogP contribution in [0.4, 0.5) is 5.69 Å². The van der Waals surface area contributed by atoms with Crippen molar-refractivity contribution in [1.29, 1.82) is 0 Å². The topological polar surface area (TPSA) is 29.3 Å². The maximum Gasteiger partial charge on any atom is 0.0878 e. The summed E-state index contributed by atoms with van der Waals surface area (Å²) >= 11 is 0. The first-order chi connectivity index (χ1) is 6.27. The second-order valence-electron chi connectivity index (χ2n) is 3.38. The molecule has 3 heteroatoms. The molecule has 1 N–H and O–H groups in total. The van der Waals surface area contributed by atoms with Crippen LogP contribution in [-0.2, 0) is 0 Å². The summed E-state index contributed by atoms with van der Waals surface area (Å²) < 4.78 is 1.87. The number of hydrogen-bond donors (Lipinski definition) is 1. The molecule has 0 aliphatic rings. The Balaban J connectivity index is 2.48. The third kappa shape index (κ3) is 1.49. The quantitative estimate of drug-likeness (QED) is 0.757. The number of aromatic nitrogens is 2. The van der Waals surface area contributed by atoms with Crippen molar-refractivity contribution in [3.8, 4) is 0 Å². The van der Waals surface area contributed by atoms with E-state index in [-0.39, 0.29) is 0 Å². The van der Waals surface area contributed by atoms with E-state index in [1.807, 2.05) is 22.8 Å². The Morgan fingerprint density at radius 1 is 1.38 bits per heavy atom. The van der Waals surface area contributed by atoms with Gasteiger partial charge in [-0.15, -0.1) is 0 Å². The lowest BCUT2D eigenvalue weighted by molar-refractivity contribution is 0.888. The highest BCUT2D eigenvalue weighted by atomic mass is 15.2. The lowest BCUT2D eigenvalue weighted by Crippen LogP contribution is -2.10. The van der Waals surface area contributed by atoms with Crippen molar-refractivity contribution < 1.29 is 0 Å². The fraction of sp³-hybridized carbons (Fsp3) is 0.300. The molecule has 2 aromatic heterocycles. The Morgan fingerprint density at radius 3 is 3.00 bits per heavy atom. The monoisotopic (exact) mass is 175 g/mol. The van der Waals surface area contributed by atoms with Gasteiger partial charge in [-0.2, -0.15) is 5.10 Å². The molecule has 3 nitrogen and oxygen atoms in total. The van der Waals surface area contributed by atoms with Crippen LogP contribution in [0.25, 0.3) is 5.52 Å². The molecule has 2 aromatic rings. The number of hydrogen-bond acceptors (Lipinski definition) is 2. The first kappa shape index (κ1) is 8.10. The van der Waals surface area contributed by atoms with E-state index in [0.717, 1.165) is 11.2 Å². The predicted octanol–water partition coefficient (Wildman–Crippen LogP) is 2.15. The van der Waals surface area contributed by atoms with E-state index in [9.17, 15) is 0 Å². The summed E-state index contributed by atoms with van der Waals surface area (Å²) in [7, 11) is 0. The van der Waals surface area contributed by atoms with Crippen molar-refractivity contribution in [2.24, 2.45) is 0 Å². The van der Waals surface area contributed by atoms with Gasteiger partial charge in [-0.25, -0.2) is 4.52 Å². The van der Waals surface area contributed by atoms with Gasteiger partial charge in [-0.05, 0) is 32.0 Å². The summed E-state index contributed by atoms with van der Waals surface area (Å²) in [5.74, 6) is 0. The average molecular weight is 175 g/mol. The zero-order valence-electron chi connectivity index (χ0n) is 7.86. The van der Waals surface area contributed by atoms with Gasteiger partial charge >= 0.3 is 0 Å². The smallest absolute Gasteiger partial charge is 0.0878 e. The van der Waals surface area contributed by atoms with Crippen LogP contribution in [0.1, 0.15) is 13.8 Å². The molecule has 0 unspecified atom stereocenters. The SMILES string of the molecule is CC(C)Nc1ccnn2cccc12. The molecule has 0 fully saturated rings.